The van der Waals surface area contributed by atoms with Gasteiger partial charge in [-0.1, -0.05) is 19.9 Å². The minimum atomic E-state index is 0.684. The topological polar surface area (TPSA) is 61.7 Å². The Morgan fingerprint density at radius 2 is 2.21 bits per heavy atom. The maximum Gasteiger partial charge on any atom is 0.133 e. The Hall–Kier alpha value is -2.04. The smallest absolute Gasteiger partial charge is 0.133 e. The van der Waals surface area contributed by atoms with E-state index < -0.39 is 0 Å². The van der Waals surface area contributed by atoms with Gasteiger partial charge in [-0.2, -0.15) is 0 Å². The standard InChI is InChI=1S/C14H21N5/c1-4-7-18-10-16-9-11(18)13-14(15)19(8-5-2)12(6-3)17-13/h5,9-10H,2,4,6-8,15H2,1,3H3. The number of imidazole rings is 2. The summed E-state index contributed by atoms with van der Waals surface area (Å²) in [6.07, 6.45) is 7.39. The Kier molecular flexibility index (Phi) is 4.04. The van der Waals surface area contributed by atoms with Gasteiger partial charge in [0.2, 0.25) is 0 Å². The minimum Gasteiger partial charge on any atom is -0.383 e. The SMILES string of the molecule is C=CCn1c(CC)nc(-c2cncn2CCC)c1N. The van der Waals surface area contributed by atoms with E-state index in [0.717, 1.165) is 36.6 Å². The summed E-state index contributed by atoms with van der Waals surface area (Å²) >= 11 is 0. The Balaban J connectivity index is 2.50. The van der Waals surface area contributed by atoms with Crippen molar-refractivity contribution in [1.82, 2.24) is 19.1 Å². The quantitative estimate of drug-likeness (QED) is 0.811. The number of allylic oxidation sites excluding steroid dienone is 1. The lowest BCUT2D eigenvalue weighted by Gasteiger charge is -2.06. The highest BCUT2D eigenvalue weighted by atomic mass is 15.2. The summed E-state index contributed by atoms with van der Waals surface area (Å²) in [5, 5.41) is 0. The number of hydrogen-bond acceptors (Lipinski definition) is 3. The molecule has 0 saturated heterocycles. The molecule has 2 aromatic rings. The predicted octanol–water partition coefficient (Wildman–Crippen LogP) is 2.49. The van der Waals surface area contributed by atoms with Crippen LogP contribution in [0.2, 0.25) is 0 Å². The summed E-state index contributed by atoms with van der Waals surface area (Å²) < 4.78 is 4.10. The minimum absolute atomic E-state index is 0.684. The largest absolute Gasteiger partial charge is 0.383 e. The van der Waals surface area contributed by atoms with Crippen LogP contribution in [0.5, 0.6) is 0 Å². The van der Waals surface area contributed by atoms with Gasteiger partial charge < -0.3 is 14.9 Å². The molecule has 2 N–H and O–H groups in total. The van der Waals surface area contributed by atoms with Crippen LogP contribution in [0.4, 0.5) is 5.82 Å². The number of nitrogens with zero attached hydrogens (tertiary/aromatic N) is 4. The van der Waals surface area contributed by atoms with E-state index in [0.29, 0.717) is 12.4 Å². The van der Waals surface area contributed by atoms with Gasteiger partial charge in [0.25, 0.3) is 0 Å². The Morgan fingerprint density at radius 3 is 2.84 bits per heavy atom. The van der Waals surface area contributed by atoms with Crippen molar-refractivity contribution in [3.05, 3.63) is 31.0 Å². The molecule has 0 radical (unpaired) electrons. The van der Waals surface area contributed by atoms with Crippen molar-refractivity contribution in [2.24, 2.45) is 0 Å². The molecule has 102 valence electrons. The third kappa shape index (κ3) is 2.41. The van der Waals surface area contributed by atoms with Crippen LogP contribution >= 0.6 is 0 Å². The zero-order valence-corrected chi connectivity index (χ0v) is 11.6. The van der Waals surface area contributed by atoms with Crippen LogP contribution in [0.3, 0.4) is 0 Å². The molecule has 2 heterocycles. The zero-order valence-electron chi connectivity index (χ0n) is 11.6. The highest BCUT2D eigenvalue weighted by Crippen LogP contribution is 2.26. The molecule has 0 atom stereocenters. The number of hydrogen-bond donors (Lipinski definition) is 1. The fraction of sp³-hybridized carbons (Fsp3) is 0.429. The molecule has 0 amide bonds. The van der Waals surface area contributed by atoms with Gasteiger partial charge in [-0.15, -0.1) is 6.58 Å². The first kappa shape index (κ1) is 13.4. The van der Waals surface area contributed by atoms with Crippen LogP contribution in [0, 0.1) is 0 Å². The molecule has 0 unspecified atom stereocenters. The number of nitrogen functional groups attached to an aromatic ring is 1. The first-order valence-corrected chi connectivity index (χ1v) is 6.69. The van der Waals surface area contributed by atoms with E-state index in [1.165, 1.54) is 0 Å². The number of rotatable bonds is 6. The molecule has 0 saturated carbocycles. The van der Waals surface area contributed by atoms with E-state index in [9.17, 15) is 0 Å². The van der Waals surface area contributed by atoms with Crippen LogP contribution < -0.4 is 5.73 Å². The molecule has 0 bridgehead atoms. The normalized spacial score (nSPS) is 10.8. The zero-order chi connectivity index (χ0) is 13.8. The number of aryl methyl sites for hydroxylation is 2. The van der Waals surface area contributed by atoms with Crippen molar-refractivity contribution >= 4 is 5.82 Å². The molecule has 2 rings (SSSR count). The molecule has 0 fully saturated rings. The molecule has 0 spiro atoms. The lowest BCUT2D eigenvalue weighted by molar-refractivity contribution is 0.683. The lowest BCUT2D eigenvalue weighted by atomic mass is 10.3. The fourth-order valence-electron chi connectivity index (χ4n) is 2.24. The molecule has 19 heavy (non-hydrogen) atoms. The molecule has 0 aliphatic heterocycles. The maximum atomic E-state index is 6.23. The van der Waals surface area contributed by atoms with Gasteiger partial charge >= 0.3 is 0 Å². The number of anilines is 1. The van der Waals surface area contributed by atoms with Gasteiger partial charge in [0.05, 0.1) is 18.2 Å². The first-order valence-electron chi connectivity index (χ1n) is 6.69. The second kappa shape index (κ2) is 5.73. The lowest BCUT2D eigenvalue weighted by Crippen LogP contribution is -2.05. The molecular formula is C14H21N5. The van der Waals surface area contributed by atoms with E-state index in [1.807, 2.05) is 23.2 Å². The van der Waals surface area contributed by atoms with Crippen LogP contribution in [0.15, 0.2) is 25.2 Å². The number of aromatic nitrogens is 4. The first-order chi connectivity index (χ1) is 9.22. The molecule has 5 nitrogen and oxygen atoms in total. The van der Waals surface area contributed by atoms with Crippen molar-refractivity contribution in [3.8, 4) is 11.4 Å². The van der Waals surface area contributed by atoms with Crippen molar-refractivity contribution in [2.45, 2.75) is 39.8 Å². The highest BCUT2D eigenvalue weighted by molar-refractivity contribution is 5.68. The summed E-state index contributed by atoms with van der Waals surface area (Å²) in [7, 11) is 0. The van der Waals surface area contributed by atoms with Crippen molar-refractivity contribution < 1.29 is 0 Å². The third-order valence-electron chi connectivity index (χ3n) is 3.13. The molecule has 0 aliphatic rings. The van der Waals surface area contributed by atoms with Gasteiger partial charge in [-0.05, 0) is 6.42 Å². The van der Waals surface area contributed by atoms with Crippen LogP contribution in [0.25, 0.3) is 11.4 Å². The highest BCUT2D eigenvalue weighted by Gasteiger charge is 2.17. The van der Waals surface area contributed by atoms with E-state index in [1.54, 1.807) is 0 Å². The van der Waals surface area contributed by atoms with Gasteiger partial charge in [-0.3, -0.25) is 0 Å². The monoisotopic (exact) mass is 259 g/mol. The average molecular weight is 259 g/mol. The van der Waals surface area contributed by atoms with Crippen molar-refractivity contribution in [3.63, 3.8) is 0 Å². The predicted molar refractivity (Wildman–Crippen MR) is 77.7 cm³/mol. The summed E-state index contributed by atoms with van der Waals surface area (Å²) in [4.78, 5) is 8.87. The second-order valence-electron chi connectivity index (χ2n) is 4.49. The van der Waals surface area contributed by atoms with Crippen LogP contribution in [0.1, 0.15) is 26.1 Å². The summed E-state index contributed by atoms with van der Waals surface area (Å²) in [5.74, 6) is 1.67. The Labute approximate surface area is 113 Å². The van der Waals surface area contributed by atoms with E-state index in [2.05, 4.69) is 35.0 Å². The molecule has 0 aliphatic carbocycles. The van der Waals surface area contributed by atoms with E-state index in [-0.39, 0.29) is 0 Å². The summed E-state index contributed by atoms with van der Waals surface area (Å²) in [6.45, 7) is 9.59. The van der Waals surface area contributed by atoms with E-state index >= 15 is 0 Å². The molecule has 5 heteroatoms. The van der Waals surface area contributed by atoms with Crippen LogP contribution in [-0.4, -0.2) is 19.1 Å². The van der Waals surface area contributed by atoms with Crippen molar-refractivity contribution in [2.75, 3.05) is 5.73 Å². The third-order valence-corrected chi connectivity index (χ3v) is 3.13. The van der Waals surface area contributed by atoms with Gasteiger partial charge in [-0.25, -0.2) is 9.97 Å². The Bertz CT molecular complexity index is 564. The van der Waals surface area contributed by atoms with Gasteiger partial charge in [0.1, 0.15) is 17.3 Å². The fourth-order valence-corrected chi connectivity index (χ4v) is 2.24. The molecule has 2 aromatic heterocycles. The van der Waals surface area contributed by atoms with Gasteiger partial charge in [0.15, 0.2) is 0 Å². The molecule has 0 aromatic carbocycles. The number of nitrogens with two attached hydrogens (primary N) is 1. The summed E-state index contributed by atoms with van der Waals surface area (Å²) in [5.41, 5.74) is 8.04. The van der Waals surface area contributed by atoms with Gasteiger partial charge in [0, 0.05) is 19.5 Å². The maximum absolute atomic E-state index is 6.23. The second-order valence-corrected chi connectivity index (χ2v) is 4.49. The van der Waals surface area contributed by atoms with Crippen LogP contribution in [-0.2, 0) is 19.5 Å². The molecular weight excluding hydrogens is 238 g/mol. The Morgan fingerprint density at radius 1 is 1.42 bits per heavy atom. The van der Waals surface area contributed by atoms with E-state index in [4.69, 9.17) is 5.73 Å². The van der Waals surface area contributed by atoms with Crippen molar-refractivity contribution in [1.29, 1.82) is 0 Å². The summed E-state index contributed by atoms with van der Waals surface area (Å²) in [6, 6.07) is 0. The average Bonchev–Trinajstić information content (AvgIpc) is 2.97.